The summed E-state index contributed by atoms with van der Waals surface area (Å²) in [5.74, 6) is 0.719. The first kappa shape index (κ1) is 18.7. The van der Waals surface area contributed by atoms with E-state index in [1.807, 2.05) is 61.5 Å². The van der Waals surface area contributed by atoms with Crippen molar-refractivity contribution in [3.8, 4) is 11.4 Å². The molecule has 5 rings (SSSR count). The molecule has 31 heavy (non-hydrogen) atoms. The van der Waals surface area contributed by atoms with Gasteiger partial charge in [0.05, 0.1) is 21.8 Å². The lowest BCUT2D eigenvalue weighted by Crippen LogP contribution is -2.33. The summed E-state index contributed by atoms with van der Waals surface area (Å²) in [4.78, 5) is 35.8. The van der Waals surface area contributed by atoms with Crippen LogP contribution in [0.3, 0.4) is 0 Å². The van der Waals surface area contributed by atoms with Gasteiger partial charge in [0.1, 0.15) is 0 Å². The van der Waals surface area contributed by atoms with E-state index in [1.54, 1.807) is 24.3 Å². The van der Waals surface area contributed by atoms with Crippen LogP contribution in [-0.2, 0) is 6.54 Å². The summed E-state index contributed by atoms with van der Waals surface area (Å²) in [6.45, 7) is 2.26. The van der Waals surface area contributed by atoms with E-state index in [9.17, 15) is 9.59 Å². The Kier molecular flexibility index (Phi) is 4.55. The van der Waals surface area contributed by atoms with Gasteiger partial charge in [0.15, 0.2) is 5.82 Å². The van der Waals surface area contributed by atoms with Crippen molar-refractivity contribution in [2.24, 2.45) is 0 Å². The highest BCUT2D eigenvalue weighted by atomic mass is 16.1. The number of para-hydroxylation sites is 2. The molecule has 152 valence electrons. The predicted molar refractivity (Wildman–Crippen MR) is 122 cm³/mol. The van der Waals surface area contributed by atoms with E-state index in [1.165, 1.54) is 9.24 Å². The fraction of sp³-hybridized carbons (Fsp3) is 0.0833. The molecule has 0 aliphatic carbocycles. The number of nitrogens with one attached hydrogen (secondary N) is 1. The molecule has 0 atom stereocenters. The molecule has 0 unspecified atom stereocenters. The van der Waals surface area contributed by atoms with Gasteiger partial charge in [-0.05, 0) is 31.2 Å². The van der Waals surface area contributed by atoms with Crippen molar-refractivity contribution in [2.75, 3.05) is 5.43 Å². The van der Waals surface area contributed by atoms with Crippen molar-refractivity contribution in [3.63, 3.8) is 0 Å². The van der Waals surface area contributed by atoms with Gasteiger partial charge in [0, 0.05) is 12.1 Å². The van der Waals surface area contributed by atoms with Crippen LogP contribution in [0.4, 0.5) is 5.95 Å². The van der Waals surface area contributed by atoms with Gasteiger partial charge < -0.3 is 0 Å². The molecule has 0 aliphatic heterocycles. The molecule has 7 nitrogen and oxygen atoms in total. The lowest BCUT2D eigenvalue weighted by atomic mass is 10.2. The monoisotopic (exact) mass is 409 g/mol. The number of hydrogen-bond donors (Lipinski definition) is 1. The van der Waals surface area contributed by atoms with Crippen LogP contribution in [0.5, 0.6) is 0 Å². The molecule has 0 spiro atoms. The average molecular weight is 409 g/mol. The highest BCUT2D eigenvalue weighted by Crippen LogP contribution is 2.19. The molecule has 0 aliphatic rings. The van der Waals surface area contributed by atoms with Crippen molar-refractivity contribution < 1.29 is 0 Å². The molecule has 0 fully saturated rings. The minimum Gasteiger partial charge on any atom is -0.277 e. The molecule has 0 radical (unpaired) electrons. The Morgan fingerprint density at radius 1 is 0.742 bits per heavy atom. The third-order valence-corrected chi connectivity index (χ3v) is 5.20. The number of fused-ring (bicyclic) bond motifs is 2. The number of benzene rings is 3. The lowest BCUT2D eigenvalue weighted by molar-refractivity contribution is 0.706. The van der Waals surface area contributed by atoms with Gasteiger partial charge >= 0.3 is 0 Å². The van der Waals surface area contributed by atoms with E-state index < -0.39 is 0 Å². The molecule has 0 saturated carbocycles. The van der Waals surface area contributed by atoms with E-state index in [0.717, 1.165) is 5.56 Å². The van der Waals surface area contributed by atoms with Crippen LogP contribution < -0.4 is 16.5 Å². The van der Waals surface area contributed by atoms with Gasteiger partial charge in [0.25, 0.3) is 11.1 Å². The second-order valence-corrected chi connectivity index (χ2v) is 7.07. The Morgan fingerprint density at radius 2 is 1.32 bits per heavy atom. The highest BCUT2D eigenvalue weighted by Gasteiger charge is 2.16. The van der Waals surface area contributed by atoms with Gasteiger partial charge in [-0.25, -0.2) is 9.97 Å². The summed E-state index contributed by atoms with van der Waals surface area (Å²) in [5.41, 5.74) is 4.57. The topological polar surface area (TPSA) is 81.8 Å². The van der Waals surface area contributed by atoms with E-state index in [4.69, 9.17) is 4.98 Å². The van der Waals surface area contributed by atoms with Crippen molar-refractivity contribution in [3.05, 3.63) is 99.6 Å². The summed E-state index contributed by atoms with van der Waals surface area (Å²) in [7, 11) is 0. The van der Waals surface area contributed by atoms with Crippen molar-refractivity contribution in [1.82, 2.24) is 19.2 Å². The molecule has 3 aromatic carbocycles. The zero-order chi connectivity index (χ0) is 21.4. The zero-order valence-corrected chi connectivity index (χ0v) is 16.8. The van der Waals surface area contributed by atoms with Gasteiger partial charge in [-0.3, -0.25) is 19.6 Å². The number of rotatable bonds is 4. The standard InChI is InChI=1S/C24H19N5O2/c1-2-28-22(30)17-12-6-9-15-20(17)26-24(28)27-29-21(16-10-4-3-5-11-16)25-19-14-8-7-13-18(19)23(29)31/h3-15H,2H2,1H3,(H,26,27). The molecular weight excluding hydrogens is 390 g/mol. The summed E-state index contributed by atoms with van der Waals surface area (Å²) in [5, 5.41) is 1.00. The quantitative estimate of drug-likeness (QED) is 0.490. The third-order valence-electron chi connectivity index (χ3n) is 5.20. The van der Waals surface area contributed by atoms with Crippen LogP contribution in [0, 0.1) is 0 Å². The molecule has 0 bridgehead atoms. The maximum absolute atomic E-state index is 13.4. The highest BCUT2D eigenvalue weighted by molar-refractivity contribution is 5.80. The Hall–Kier alpha value is -4.26. The number of aromatic nitrogens is 4. The molecule has 5 aromatic rings. The smallest absolute Gasteiger partial charge is 0.277 e. The first-order valence-corrected chi connectivity index (χ1v) is 10.0. The van der Waals surface area contributed by atoms with Crippen molar-refractivity contribution in [2.45, 2.75) is 13.5 Å². The molecule has 1 N–H and O–H groups in total. The second-order valence-electron chi connectivity index (χ2n) is 7.07. The van der Waals surface area contributed by atoms with Crippen LogP contribution in [0.1, 0.15) is 6.92 Å². The Labute approximate surface area is 177 Å². The largest absolute Gasteiger partial charge is 0.280 e. The maximum atomic E-state index is 13.4. The number of nitrogens with zero attached hydrogens (tertiary/aromatic N) is 4. The normalized spacial score (nSPS) is 11.1. The Bertz CT molecular complexity index is 1540. The van der Waals surface area contributed by atoms with E-state index in [0.29, 0.717) is 34.2 Å². The molecule has 2 aromatic heterocycles. The number of anilines is 1. The molecule has 0 amide bonds. The fourth-order valence-corrected chi connectivity index (χ4v) is 3.66. The van der Waals surface area contributed by atoms with Crippen LogP contribution in [0.2, 0.25) is 0 Å². The predicted octanol–water partition coefficient (Wildman–Crippen LogP) is 3.67. The van der Waals surface area contributed by atoms with Crippen LogP contribution in [0.25, 0.3) is 33.2 Å². The minimum atomic E-state index is -0.269. The molecule has 2 heterocycles. The Morgan fingerprint density at radius 3 is 2.00 bits per heavy atom. The van der Waals surface area contributed by atoms with Gasteiger partial charge in [-0.1, -0.05) is 54.6 Å². The Balaban J connectivity index is 1.79. The summed E-state index contributed by atoms with van der Waals surface area (Å²) in [6.07, 6.45) is 0. The summed E-state index contributed by atoms with van der Waals surface area (Å²) < 4.78 is 2.87. The van der Waals surface area contributed by atoms with Crippen LogP contribution in [0.15, 0.2) is 88.5 Å². The fourth-order valence-electron chi connectivity index (χ4n) is 3.66. The number of hydrogen-bond acceptors (Lipinski definition) is 5. The van der Waals surface area contributed by atoms with Crippen LogP contribution in [-0.4, -0.2) is 19.2 Å². The van der Waals surface area contributed by atoms with Gasteiger partial charge in [-0.2, -0.15) is 4.68 Å². The van der Waals surface area contributed by atoms with Gasteiger partial charge in [0.2, 0.25) is 5.95 Å². The van der Waals surface area contributed by atoms with Crippen molar-refractivity contribution >= 4 is 27.8 Å². The lowest BCUT2D eigenvalue weighted by Gasteiger charge is -2.18. The third kappa shape index (κ3) is 3.16. The summed E-state index contributed by atoms with van der Waals surface area (Å²) >= 11 is 0. The molecule has 0 saturated heterocycles. The average Bonchev–Trinajstić information content (AvgIpc) is 2.81. The molecular formula is C24H19N5O2. The first-order valence-electron chi connectivity index (χ1n) is 10.0. The van der Waals surface area contributed by atoms with E-state index in [2.05, 4.69) is 10.4 Å². The molecule has 7 heteroatoms. The SMILES string of the molecule is CCn1c(Nn2c(-c3ccccc3)nc3ccccc3c2=O)nc2ccccc2c1=O. The van der Waals surface area contributed by atoms with Gasteiger partial charge in [-0.15, -0.1) is 0 Å². The van der Waals surface area contributed by atoms with Crippen molar-refractivity contribution in [1.29, 1.82) is 0 Å². The second kappa shape index (κ2) is 7.53. The zero-order valence-electron chi connectivity index (χ0n) is 16.8. The maximum Gasteiger partial charge on any atom is 0.280 e. The summed E-state index contributed by atoms with van der Waals surface area (Å²) in [6, 6.07) is 23.8. The van der Waals surface area contributed by atoms with E-state index in [-0.39, 0.29) is 17.1 Å². The van der Waals surface area contributed by atoms with Crippen LogP contribution >= 0.6 is 0 Å². The van der Waals surface area contributed by atoms with E-state index >= 15 is 0 Å². The first-order chi connectivity index (χ1) is 15.2. The minimum absolute atomic E-state index is 0.168.